The van der Waals surface area contributed by atoms with Gasteiger partial charge in [-0.1, -0.05) is 24.3 Å². The molecule has 2 aliphatic rings. The van der Waals surface area contributed by atoms with Gasteiger partial charge in [0.25, 0.3) is 0 Å². The van der Waals surface area contributed by atoms with Crippen LogP contribution < -0.4 is 0 Å². The molecule has 158 valence electrons. The normalized spacial score (nSPS) is 23.1. The third-order valence-corrected chi connectivity index (χ3v) is 6.78. The fourth-order valence-corrected chi connectivity index (χ4v) is 5.06. The van der Waals surface area contributed by atoms with E-state index in [0.717, 1.165) is 85.1 Å². The largest absolute Gasteiger partial charge is 0.395 e. The first-order chi connectivity index (χ1) is 14.7. The molecular weight excluding hydrogens is 376 g/mol. The van der Waals surface area contributed by atoms with Crippen molar-refractivity contribution in [2.45, 2.75) is 50.9 Å². The highest BCUT2D eigenvalue weighted by atomic mass is 16.3. The van der Waals surface area contributed by atoms with E-state index in [9.17, 15) is 10.2 Å². The summed E-state index contributed by atoms with van der Waals surface area (Å²) in [6.07, 6.45) is 4.39. The van der Waals surface area contributed by atoms with Crippen LogP contribution in [0, 0.1) is 0 Å². The molecule has 0 aliphatic carbocycles. The summed E-state index contributed by atoms with van der Waals surface area (Å²) in [5, 5.41) is 21.4. The van der Waals surface area contributed by atoms with E-state index in [1.54, 1.807) is 0 Å². The van der Waals surface area contributed by atoms with Gasteiger partial charge in [-0.05, 0) is 50.9 Å². The molecule has 2 saturated heterocycles. The van der Waals surface area contributed by atoms with Crippen LogP contribution >= 0.6 is 0 Å². The van der Waals surface area contributed by atoms with E-state index in [4.69, 9.17) is 9.97 Å². The highest BCUT2D eigenvalue weighted by Crippen LogP contribution is 2.26. The van der Waals surface area contributed by atoms with Gasteiger partial charge in [-0.15, -0.1) is 0 Å². The summed E-state index contributed by atoms with van der Waals surface area (Å²) >= 11 is 0. The van der Waals surface area contributed by atoms with Crippen molar-refractivity contribution >= 4 is 21.8 Å². The Labute approximate surface area is 177 Å². The van der Waals surface area contributed by atoms with Crippen LogP contribution in [-0.4, -0.2) is 68.4 Å². The lowest BCUT2D eigenvalue weighted by Gasteiger charge is -2.22. The lowest BCUT2D eigenvalue weighted by Crippen LogP contribution is -2.32. The van der Waals surface area contributed by atoms with Crippen molar-refractivity contribution in [3.05, 3.63) is 47.8 Å². The first-order valence-corrected chi connectivity index (χ1v) is 11.1. The summed E-state index contributed by atoms with van der Waals surface area (Å²) in [6.45, 7) is 4.00. The van der Waals surface area contributed by atoms with Gasteiger partial charge in [0, 0.05) is 35.9 Å². The van der Waals surface area contributed by atoms with E-state index in [-0.39, 0.29) is 25.3 Å². The standard InChI is InChI=1S/C24H30N4O2/c29-15-21-3-1-11-27(21)13-19-9-7-17-5-6-18-8-10-20(26-24(18)23(17)25-19)14-28-12-2-4-22(28)16-30/h5-10,21-22,29-30H,1-4,11-16H2/t21-,22-/m0/s1. The Balaban J connectivity index is 1.47. The molecule has 3 aromatic rings. The number of fused-ring (bicyclic) bond motifs is 3. The van der Waals surface area contributed by atoms with E-state index >= 15 is 0 Å². The van der Waals surface area contributed by atoms with Gasteiger partial charge in [0.05, 0.1) is 35.6 Å². The smallest absolute Gasteiger partial charge is 0.0968 e. The van der Waals surface area contributed by atoms with Gasteiger partial charge >= 0.3 is 0 Å². The SMILES string of the molecule is OC[C@@H]1CCCN1Cc1ccc2ccc3ccc(CN4CCC[C@H]4CO)nc3c2n1. The molecule has 2 N–H and O–H groups in total. The number of aliphatic hydroxyl groups excluding tert-OH is 2. The highest BCUT2D eigenvalue weighted by molar-refractivity contribution is 6.02. The summed E-state index contributed by atoms with van der Waals surface area (Å²) in [6, 6.07) is 13.2. The van der Waals surface area contributed by atoms with E-state index in [2.05, 4.69) is 46.2 Å². The Bertz CT molecular complexity index is 958. The zero-order valence-electron chi connectivity index (χ0n) is 17.4. The Morgan fingerprint density at radius 3 is 1.57 bits per heavy atom. The number of aromatic nitrogens is 2. The number of hydrogen-bond acceptors (Lipinski definition) is 6. The Kier molecular flexibility index (Phi) is 5.65. The molecule has 0 amide bonds. The molecule has 2 fully saturated rings. The molecule has 0 unspecified atom stereocenters. The fourth-order valence-electron chi connectivity index (χ4n) is 5.06. The monoisotopic (exact) mass is 406 g/mol. The first-order valence-electron chi connectivity index (χ1n) is 11.1. The predicted octanol–water partition coefficient (Wildman–Crippen LogP) is 2.70. The number of hydrogen-bond donors (Lipinski definition) is 2. The molecular formula is C24H30N4O2. The maximum Gasteiger partial charge on any atom is 0.0968 e. The maximum absolute atomic E-state index is 9.62. The summed E-state index contributed by atoms with van der Waals surface area (Å²) in [4.78, 5) is 14.7. The van der Waals surface area contributed by atoms with Gasteiger partial charge in [-0.2, -0.15) is 0 Å². The third-order valence-electron chi connectivity index (χ3n) is 6.78. The van der Waals surface area contributed by atoms with Crippen molar-refractivity contribution in [3.63, 3.8) is 0 Å². The van der Waals surface area contributed by atoms with E-state index < -0.39 is 0 Å². The second kappa shape index (κ2) is 8.55. The summed E-state index contributed by atoms with van der Waals surface area (Å²) in [5.41, 5.74) is 3.96. The minimum Gasteiger partial charge on any atom is -0.395 e. The fraction of sp³-hybridized carbons (Fsp3) is 0.500. The van der Waals surface area contributed by atoms with Crippen molar-refractivity contribution < 1.29 is 10.2 Å². The second-order valence-corrected chi connectivity index (χ2v) is 8.71. The molecule has 2 aromatic heterocycles. The van der Waals surface area contributed by atoms with Crippen molar-refractivity contribution in [2.75, 3.05) is 26.3 Å². The number of aliphatic hydroxyl groups is 2. The number of rotatable bonds is 6. The molecule has 2 atom stereocenters. The topological polar surface area (TPSA) is 72.7 Å². The van der Waals surface area contributed by atoms with Gasteiger partial charge in [-0.25, -0.2) is 9.97 Å². The highest BCUT2D eigenvalue weighted by Gasteiger charge is 2.25. The van der Waals surface area contributed by atoms with Crippen LogP contribution in [-0.2, 0) is 13.1 Å². The van der Waals surface area contributed by atoms with Gasteiger partial charge in [-0.3, -0.25) is 9.80 Å². The molecule has 0 radical (unpaired) electrons. The molecule has 6 heteroatoms. The Hall–Kier alpha value is -2.12. The van der Waals surface area contributed by atoms with Crippen LogP contribution in [0.3, 0.4) is 0 Å². The summed E-state index contributed by atoms with van der Waals surface area (Å²) in [5.74, 6) is 0. The van der Waals surface area contributed by atoms with Crippen molar-refractivity contribution in [1.29, 1.82) is 0 Å². The van der Waals surface area contributed by atoms with Gasteiger partial charge in [0.1, 0.15) is 0 Å². The van der Waals surface area contributed by atoms with Crippen molar-refractivity contribution in [3.8, 4) is 0 Å². The molecule has 0 bridgehead atoms. The zero-order chi connectivity index (χ0) is 20.5. The van der Waals surface area contributed by atoms with Crippen molar-refractivity contribution in [1.82, 2.24) is 19.8 Å². The molecule has 30 heavy (non-hydrogen) atoms. The van der Waals surface area contributed by atoms with Crippen molar-refractivity contribution in [2.24, 2.45) is 0 Å². The van der Waals surface area contributed by atoms with E-state index in [1.165, 1.54) is 0 Å². The molecule has 0 spiro atoms. The van der Waals surface area contributed by atoms with E-state index in [0.29, 0.717) is 0 Å². The molecule has 1 aromatic carbocycles. The molecule has 6 nitrogen and oxygen atoms in total. The minimum atomic E-state index is 0.215. The van der Waals surface area contributed by atoms with Crippen LogP contribution in [0.4, 0.5) is 0 Å². The number of benzene rings is 1. The van der Waals surface area contributed by atoms with Crippen LogP contribution in [0.15, 0.2) is 36.4 Å². The van der Waals surface area contributed by atoms with E-state index in [1.807, 2.05) is 0 Å². The van der Waals surface area contributed by atoms with Crippen LogP contribution in [0.5, 0.6) is 0 Å². The second-order valence-electron chi connectivity index (χ2n) is 8.71. The quantitative estimate of drug-likeness (QED) is 0.614. The predicted molar refractivity (Wildman–Crippen MR) is 118 cm³/mol. The van der Waals surface area contributed by atoms with Gasteiger partial charge in [0.2, 0.25) is 0 Å². The maximum atomic E-state index is 9.62. The van der Waals surface area contributed by atoms with Gasteiger partial charge < -0.3 is 10.2 Å². The first kappa shape index (κ1) is 19.8. The van der Waals surface area contributed by atoms with Crippen LogP contribution in [0.1, 0.15) is 37.1 Å². The summed E-state index contributed by atoms with van der Waals surface area (Å²) < 4.78 is 0. The lowest BCUT2D eigenvalue weighted by atomic mass is 10.1. The molecule has 4 heterocycles. The zero-order valence-corrected chi connectivity index (χ0v) is 17.4. The Morgan fingerprint density at radius 2 is 1.13 bits per heavy atom. The Morgan fingerprint density at radius 1 is 0.700 bits per heavy atom. The average molecular weight is 407 g/mol. The van der Waals surface area contributed by atoms with Crippen LogP contribution in [0.25, 0.3) is 21.8 Å². The summed E-state index contributed by atoms with van der Waals surface area (Å²) in [7, 11) is 0. The number of pyridine rings is 2. The molecule has 2 aliphatic heterocycles. The number of likely N-dealkylation sites (tertiary alicyclic amines) is 2. The lowest BCUT2D eigenvalue weighted by molar-refractivity contribution is 0.152. The van der Waals surface area contributed by atoms with Crippen LogP contribution in [0.2, 0.25) is 0 Å². The average Bonchev–Trinajstić information content (AvgIpc) is 3.42. The number of nitrogens with zero attached hydrogens (tertiary/aromatic N) is 4. The van der Waals surface area contributed by atoms with Gasteiger partial charge in [0.15, 0.2) is 0 Å². The minimum absolute atomic E-state index is 0.215. The third kappa shape index (κ3) is 3.81. The molecule has 0 saturated carbocycles. The molecule has 5 rings (SSSR count).